The van der Waals surface area contributed by atoms with Gasteiger partial charge in [0, 0.05) is 0 Å². The molecule has 0 aliphatic rings. The van der Waals surface area contributed by atoms with E-state index in [1.54, 1.807) is 0 Å². The Labute approximate surface area is 97.8 Å². The predicted octanol–water partition coefficient (Wildman–Crippen LogP) is 5.81. The molecule has 1 atom stereocenters. The largest absolute Gasteiger partial charge is 0.0654 e. The summed E-state index contributed by atoms with van der Waals surface area (Å²) in [6, 6.07) is 0. The summed E-state index contributed by atoms with van der Waals surface area (Å²) in [5, 5.41) is 0. The normalized spacial score (nSPS) is 14.2. The Balaban J connectivity index is 4.57. The van der Waals surface area contributed by atoms with E-state index in [4.69, 9.17) is 0 Å². The van der Waals surface area contributed by atoms with Gasteiger partial charge in [0.05, 0.1) is 0 Å². The molecule has 0 saturated heterocycles. The van der Waals surface area contributed by atoms with Crippen LogP contribution in [0.1, 0.15) is 86.0 Å². The van der Waals surface area contributed by atoms with E-state index in [-0.39, 0.29) is 0 Å². The van der Waals surface area contributed by atoms with E-state index in [9.17, 15) is 0 Å². The van der Waals surface area contributed by atoms with Gasteiger partial charge in [0.2, 0.25) is 0 Å². The van der Waals surface area contributed by atoms with Crippen LogP contribution < -0.4 is 0 Å². The Kier molecular flexibility index (Phi) is 8.19. The van der Waals surface area contributed by atoms with Gasteiger partial charge in [-0.05, 0) is 30.6 Å². The highest BCUT2D eigenvalue weighted by Gasteiger charge is 2.32. The molecule has 0 heteroatoms. The maximum atomic E-state index is 2.49. The summed E-state index contributed by atoms with van der Waals surface area (Å²) >= 11 is 0. The van der Waals surface area contributed by atoms with Crippen molar-refractivity contribution >= 4 is 0 Å². The Bertz CT molecular complexity index is 120. The molecule has 0 heterocycles. The molecule has 0 saturated carbocycles. The van der Waals surface area contributed by atoms with Crippen molar-refractivity contribution in [2.24, 2.45) is 11.3 Å². The smallest absolute Gasteiger partial charge is 0.0272 e. The molecule has 0 aromatic carbocycles. The van der Waals surface area contributed by atoms with E-state index in [2.05, 4.69) is 34.6 Å². The van der Waals surface area contributed by atoms with Crippen LogP contribution in [0.3, 0.4) is 0 Å². The minimum Gasteiger partial charge on any atom is -0.0654 e. The van der Waals surface area contributed by atoms with E-state index in [1.165, 1.54) is 51.4 Å². The maximum absolute atomic E-state index is 2.49. The van der Waals surface area contributed by atoms with Crippen LogP contribution in [0.4, 0.5) is 0 Å². The first kappa shape index (κ1) is 15.0. The van der Waals surface area contributed by atoms with E-state index in [0.717, 1.165) is 5.92 Å². The van der Waals surface area contributed by atoms with E-state index >= 15 is 0 Å². The molecule has 15 heavy (non-hydrogen) atoms. The molecule has 0 aliphatic heterocycles. The van der Waals surface area contributed by atoms with Crippen molar-refractivity contribution in [1.82, 2.24) is 0 Å². The first-order valence-corrected chi connectivity index (χ1v) is 7.16. The van der Waals surface area contributed by atoms with Gasteiger partial charge >= 0.3 is 0 Å². The molecule has 0 bridgehead atoms. The fourth-order valence-corrected chi connectivity index (χ4v) is 3.35. The van der Waals surface area contributed by atoms with Gasteiger partial charge < -0.3 is 0 Å². The molecule has 0 amide bonds. The van der Waals surface area contributed by atoms with Crippen LogP contribution >= 0.6 is 0 Å². The summed E-state index contributed by atoms with van der Waals surface area (Å²) in [6.45, 7) is 11.9. The highest BCUT2D eigenvalue weighted by Crippen LogP contribution is 2.44. The number of rotatable bonds is 9. The third-order valence-corrected chi connectivity index (χ3v) is 4.01. The lowest BCUT2D eigenvalue weighted by Gasteiger charge is -2.39. The number of hydrogen-bond acceptors (Lipinski definition) is 0. The van der Waals surface area contributed by atoms with Crippen molar-refractivity contribution in [2.45, 2.75) is 86.0 Å². The van der Waals surface area contributed by atoms with Crippen LogP contribution in [0.2, 0.25) is 0 Å². The topological polar surface area (TPSA) is 0 Å². The molecular formula is C15H32. The van der Waals surface area contributed by atoms with Crippen molar-refractivity contribution in [3.63, 3.8) is 0 Å². The van der Waals surface area contributed by atoms with Crippen LogP contribution in [0, 0.1) is 11.3 Å². The molecule has 1 unspecified atom stereocenters. The first-order chi connectivity index (χ1) is 7.16. The lowest BCUT2D eigenvalue weighted by atomic mass is 9.66. The summed E-state index contributed by atoms with van der Waals surface area (Å²) in [5.74, 6) is 0.919. The standard InChI is InChI=1S/C15H32/c1-6-10-14(5)15(11-7-2,12-8-3)13-9-4/h14H,6-13H2,1-5H3. The molecule has 0 radical (unpaired) electrons. The second-order valence-corrected chi connectivity index (χ2v) is 5.30. The second-order valence-electron chi connectivity index (χ2n) is 5.30. The minimum atomic E-state index is 0.661. The molecule has 0 spiro atoms. The predicted molar refractivity (Wildman–Crippen MR) is 71.2 cm³/mol. The monoisotopic (exact) mass is 212 g/mol. The Hall–Kier alpha value is 0. The minimum absolute atomic E-state index is 0.661. The zero-order valence-corrected chi connectivity index (χ0v) is 11.7. The highest BCUT2D eigenvalue weighted by atomic mass is 14.4. The van der Waals surface area contributed by atoms with Gasteiger partial charge in [-0.3, -0.25) is 0 Å². The summed E-state index contributed by atoms with van der Waals surface area (Å²) in [6.07, 6.45) is 11.2. The fraction of sp³-hybridized carbons (Fsp3) is 1.00. The SMILES string of the molecule is CCCC(C)C(CCC)(CCC)CCC. The molecule has 0 rings (SSSR count). The van der Waals surface area contributed by atoms with Gasteiger partial charge in [0.25, 0.3) is 0 Å². The van der Waals surface area contributed by atoms with Gasteiger partial charge in [-0.2, -0.15) is 0 Å². The van der Waals surface area contributed by atoms with Crippen molar-refractivity contribution in [3.8, 4) is 0 Å². The summed E-state index contributed by atoms with van der Waals surface area (Å²) in [5.41, 5.74) is 0.661. The third-order valence-electron chi connectivity index (χ3n) is 4.01. The molecule has 0 aromatic rings. The highest BCUT2D eigenvalue weighted by molar-refractivity contribution is 4.83. The lowest BCUT2D eigenvalue weighted by molar-refractivity contribution is 0.113. The van der Waals surface area contributed by atoms with Gasteiger partial charge in [-0.25, -0.2) is 0 Å². The molecule has 0 fully saturated rings. The molecule has 92 valence electrons. The van der Waals surface area contributed by atoms with Crippen LogP contribution in [0.5, 0.6) is 0 Å². The van der Waals surface area contributed by atoms with Gasteiger partial charge in [0.1, 0.15) is 0 Å². The zero-order valence-electron chi connectivity index (χ0n) is 11.7. The number of hydrogen-bond donors (Lipinski definition) is 0. The second kappa shape index (κ2) is 8.19. The molecule has 0 nitrogen and oxygen atoms in total. The molecule has 0 aromatic heterocycles. The van der Waals surface area contributed by atoms with Gasteiger partial charge in [-0.15, -0.1) is 0 Å². The van der Waals surface area contributed by atoms with Gasteiger partial charge in [0.15, 0.2) is 0 Å². The lowest BCUT2D eigenvalue weighted by Crippen LogP contribution is -2.29. The van der Waals surface area contributed by atoms with Crippen molar-refractivity contribution < 1.29 is 0 Å². The Morgan fingerprint density at radius 2 is 1.13 bits per heavy atom. The maximum Gasteiger partial charge on any atom is -0.0272 e. The summed E-state index contributed by atoms with van der Waals surface area (Å²) < 4.78 is 0. The summed E-state index contributed by atoms with van der Waals surface area (Å²) in [4.78, 5) is 0. The van der Waals surface area contributed by atoms with Crippen LogP contribution in [0.15, 0.2) is 0 Å². The van der Waals surface area contributed by atoms with E-state index in [1.807, 2.05) is 0 Å². The quantitative estimate of drug-likeness (QED) is 0.452. The van der Waals surface area contributed by atoms with E-state index in [0.29, 0.717) is 5.41 Å². The van der Waals surface area contributed by atoms with Crippen molar-refractivity contribution in [3.05, 3.63) is 0 Å². The fourth-order valence-electron chi connectivity index (χ4n) is 3.35. The molecular weight excluding hydrogens is 180 g/mol. The van der Waals surface area contributed by atoms with Crippen LogP contribution in [0.25, 0.3) is 0 Å². The van der Waals surface area contributed by atoms with Gasteiger partial charge in [-0.1, -0.05) is 66.7 Å². The van der Waals surface area contributed by atoms with Crippen LogP contribution in [-0.4, -0.2) is 0 Å². The molecule has 0 aliphatic carbocycles. The zero-order chi connectivity index (χ0) is 11.7. The Morgan fingerprint density at radius 1 is 0.733 bits per heavy atom. The van der Waals surface area contributed by atoms with Crippen molar-refractivity contribution in [2.75, 3.05) is 0 Å². The van der Waals surface area contributed by atoms with Crippen molar-refractivity contribution in [1.29, 1.82) is 0 Å². The van der Waals surface area contributed by atoms with Crippen LogP contribution in [-0.2, 0) is 0 Å². The summed E-state index contributed by atoms with van der Waals surface area (Å²) in [7, 11) is 0. The first-order valence-electron chi connectivity index (χ1n) is 7.16. The molecule has 0 N–H and O–H groups in total. The van der Waals surface area contributed by atoms with E-state index < -0.39 is 0 Å². The Morgan fingerprint density at radius 3 is 1.40 bits per heavy atom. The third kappa shape index (κ3) is 4.57. The average molecular weight is 212 g/mol. The average Bonchev–Trinajstić information content (AvgIpc) is 2.19.